The van der Waals surface area contributed by atoms with E-state index >= 15 is 0 Å². The van der Waals surface area contributed by atoms with Crippen LogP contribution in [0.4, 0.5) is 0 Å². The Morgan fingerprint density at radius 1 is 1.25 bits per heavy atom. The molecule has 0 spiro atoms. The average molecular weight is 219 g/mol. The molecule has 0 bridgehead atoms. The Bertz CT molecular complexity index is 329. The molecule has 1 aliphatic rings. The molecule has 1 aliphatic carbocycles. The smallest absolute Gasteiger partial charge is 0.120 e. The normalized spacial score (nSPS) is 25.4. The summed E-state index contributed by atoms with van der Waals surface area (Å²) in [6.07, 6.45) is 5.37. The second-order valence-corrected chi connectivity index (χ2v) is 4.85. The van der Waals surface area contributed by atoms with E-state index in [0.717, 1.165) is 17.2 Å². The first-order chi connectivity index (χ1) is 7.78. The molecule has 1 saturated carbocycles. The Hall–Kier alpha value is -1.02. The Labute approximate surface area is 97.8 Å². The summed E-state index contributed by atoms with van der Waals surface area (Å²) in [5.74, 6) is 1.85. The van der Waals surface area contributed by atoms with Crippen LogP contribution in [0.2, 0.25) is 0 Å². The molecule has 0 unspecified atom stereocenters. The molecular weight excluding hydrogens is 198 g/mol. The first-order valence-corrected chi connectivity index (χ1v) is 6.23. The van der Waals surface area contributed by atoms with Gasteiger partial charge in [0, 0.05) is 6.54 Å². The maximum absolute atomic E-state index is 5.99. The predicted octanol–water partition coefficient (Wildman–Crippen LogP) is 3.10. The maximum atomic E-state index is 5.99. The summed E-state index contributed by atoms with van der Waals surface area (Å²) in [6.45, 7) is 2.91. The summed E-state index contributed by atoms with van der Waals surface area (Å²) in [5, 5.41) is 0. The van der Waals surface area contributed by atoms with E-state index in [1.807, 2.05) is 18.2 Å². The monoisotopic (exact) mass is 219 g/mol. The van der Waals surface area contributed by atoms with Crippen molar-refractivity contribution in [1.29, 1.82) is 0 Å². The molecule has 0 atom stereocenters. The fourth-order valence-corrected chi connectivity index (χ4v) is 2.29. The fraction of sp³-hybridized carbons (Fsp3) is 0.571. The van der Waals surface area contributed by atoms with Gasteiger partial charge in [0.05, 0.1) is 6.10 Å². The van der Waals surface area contributed by atoms with E-state index in [1.165, 1.54) is 25.7 Å². The average Bonchev–Trinajstić information content (AvgIpc) is 2.32. The highest BCUT2D eigenvalue weighted by Gasteiger charge is 2.19. The topological polar surface area (TPSA) is 35.2 Å². The molecule has 1 aromatic rings. The summed E-state index contributed by atoms with van der Waals surface area (Å²) < 4.78 is 5.99. The van der Waals surface area contributed by atoms with Gasteiger partial charge in [-0.05, 0) is 49.3 Å². The number of ether oxygens (including phenoxy) is 1. The van der Waals surface area contributed by atoms with Crippen molar-refractivity contribution in [3.8, 4) is 5.75 Å². The van der Waals surface area contributed by atoms with Crippen molar-refractivity contribution >= 4 is 0 Å². The largest absolute Gasteiger partial charge is 0.490 e. The van der Waals surface area contributed by atoms with E-state index in [-0.39, 0.29) is 0 Å². The van der Waals surface area contributed by atoms with Crippen LogP contribution in [0.1, 0.15) is 38.2 Å². The van der Waals surface area contributed by atoms with Gasteiger partial charge in [0.1, 0.15) is 5.75 Å². The predicted molar refractivity (Wildman–Crippen MR) is 66.4 cm³/mol. The van der Waals surface area contributed by atoms with Gasteiger partial charge in [-0.3, -0.25) is 0 Å². The minimum Gasteiger partial charge on any atom is -0.490 e. The van der Waals surface area contributed by atoms with Crippen molar-refractivity contribution in [2.45, 2.75) is 45.3 Å². The van der Waals surface area contributed by atoms with E-state index < -0.39 is 0 Å². The van der Waals surface area contributed by atoms with Crippen LogP contribution in [0, 0.1) is 5.92 Å². The van der Waals surface area contributed by atoms with Gasteiger partial charge < -0.3 is 10.5 Å². The third-order valence-electron chi connectivity index (χ3n) is 3.40. The maximum Gasteiger partial charge on any atom is 0.120 e. The molecule has 2 rings (SSSR count). The highest BCUT2D eigenvalue weighted by atomic mass is 16.5. The van der Waals surface area contributed by atoms with Crippen LogP contribution in [0.25, 0.3) is 0 Å². The number of rotatable bonds is 3. The molecule has 1 aromatic carbocycles. The van der Waals surface area contributed by atoms with Gasteiger partial charge in [-0.2, -0.15) is 0 Å². The SMILES string of the molecule is CC1CCC(Oc2cccc(CN)c2)CC1. The second-order valence-electron chi connectivity index (χ2n) is 4.85. The standard InChI is InChI=1S/C14H21NO/c1-11-5-7-13(8-6-11)16-14-4-2-3-12(9-14)10-15/h2-4,9,11,13H,5-8,10,15H2,1H3. The molecule has 1 fully saturated rings. The highest BCUT2D eigenvalue weighted by Crippen LogP contribution is 2.27. The zero-order valence-corrected chi connectivity index (χ0v) is 9.99. The lowest BCUT2D eigenvalue weighted by Gasteiger charge is -2.27. The summed E-state index contributed by atoms with van der Waals surface area (Å²) >= 11 is 0. The molecule has 2 nitrogen and oxygen atoms in total. The van der Waals surface area contributed by atoms with Crippen LogP contribution < -0.4 is 10.5 Å². The van der Waals surface area contributed by atoms with Crippen molar-refractivity contribution in [3.63, 3.8) is 0 Å². The number of hydrogen-bond acceptors (Lipinski definition) is 2. The minimum atomic E-state index is 0.407. The van der Waals surface area contributed by atoms with Crippen LogP contribution in [0.3, 0.4) is 0 Å². The Morgan fingerprint density at radius 3 is 2.69 bits per heavy atom. The quantitative estimate of drug-likeness (QED) is 0.847. The molecule has 0 heterocycles. The third kappa shape index (κ3) is 2.99. The van der Waals surface area contributed by atoms with Gasteiger partial charge in [0.15, 0.2) is 0 Å². The van der Waals surface area contributed by atoms with Crippen LogP contribution in [-0.4, -0.2) is 6.10 Å². The molecule has 88 valence electrons. The summed E-state index contributed by atoms with van der Waals surface area (Å²) in [7, 11) is 0. The van der Waals surface area contributed by atoms with Gasteiger partial charge in [-0.1, -0.05) is 19.1 Å². The van der Waals surface area contributed by atoms with Gasteiger partial charge in [0.2, 0.25) is 0 Å². The zero-order valence-electron chi connectivity index (χ0n) is 9.99. The van der Waals surface area contributed by atoms with Gasteiger partial charge in [-0.25, -0.2) is 0 Å². The van der Waals surface area contributed by atoms with Crippen LogP contribution in [0.15, 0.2) is 24.3 Å². The number of benzene rings is 1. The van der Waals surface area contributed by atoms with Gasteiger partial charge in [0.25, 0.3) is 0 Å². The summed E-state index contributed by atoms with van der Waals surface area (Å²) in [6, 6.07) is 8.13. The molecule has 16 heavy (non-hydrogen) atoms. The van der Waals surface area contributed by atoms with Gasteiger partial charge in [-0.15, -0.1) is 0 Å². The number of hydrogen-bond donors (Lipinski definition) is 1. The lowest BCUT2D eigenvalue weighted by atomic mass is 9.89. The van der Waals surface area contributed by atoms with E-state index in [1.54, 1.807) is 0 Å². The summed E-state index contributed by atoms with van der Waals surface area (Å²) in [4.78, 5) is 0. The Kier molecular flexibility index (Phi) is 3.83. The minimum absolute atomic E-state index is 0.407. The fourth-order valence-electron chi connectivity index (χ4n) is 2.29. The first kappa shape index (κ1) is 11.5. The van der Waals surface area contributed by atoms with E-state index in [9.17, 15) is 0 Å². The molecule has 2 heteroatoms. The van der Waals surface area contributed by atoms with E-state index in [2.05, 4.69) is 13.0 Å². The molecule has 0 aromatic heterocycles. The zero-order chi connectivity index (χ0) is 11.4. The lowest BCUT2D eigenvalue weighted by Crippen LogP contribution is -2.23. The highest BCUT2D eigenvalue weighted by molar-refractivity contribution is 5.28. The van der Waals surface area contributed by atoms with Gasteiger partial charge >= 0.3 is 0 Å². The Balaban J connectivity index is 1.93. The molecule has 0 amide bonds. The first-order valence-electron chi connectivity index (χ1n) is 6.23. The molecule has 0 aliphatic heterocycles. The molecule has 0 saturated heterocycles. The summed E-state index contributed by atoms with van der Waals surface area (Å²) in [5.41, 5.74) is 6.75. The molecule has 0 radical (unpaired) electrons. The van der Waals surface area contributed by atoms with E-state index in [0.29, 0.717) is 12.6 Å². The van der Waals surface area contributed by atoms with Crippen LogP contribution in [-0.2, 0) is 6.54 Å². The second kappa shape index (κ2) is 5.35. The molecule has 2 N–H and O–H groups in total. The number of nitrogens with two attached hydrogens (primary N) is 1. The third-order valence-corrected chi connectivity index (χ3v) is 3.40. The van der Waals surface area contributed by atoms with Crippen molar-refractivity contribution in [2.75, 3.05) is 0 Å². The lowest BCUT2D eigenvalue weighted by molar-refractivity contribution is 0.135. The van der Waals surface area contributed by atoms with Crippen molar-refractivity contribution < 1.29 is 4.74 Å². The molecular formula is C14H21NO. The van der Waals surface area contributed by atoms with Crippen molar-refractivity contribution in [1.82, 2.24) is 0 Å². The Morgan fingerprint density at radius 2 is 2.00 bits per heavy atom. The van der Waals surface area contributed by atoms with Crippen molar-refractivity contribution in [2.24, 2.45) is 11.7 Å². The van der Waals surface area contributed by atoms with Crippen molar-refractivity contribution in [3.05, 3.63) is 29.8 Å². The van der Waals surface area contributed by atoms with Crippen LogP contribution in [0.5, 0.6) is 5.75 Å². The van der Waals surface area contributed by atoms with E-state index in [4.69, 9.17) is 10.5 Å². The van der Waals surface area contributed by atoms with Crippen LogP contribution >= 0.6 is 0 Å².